The number of carbonyl (C=O) groups excluding carboxylic acids is 1. The number of benzene rings is 1. The van der Waals surface area contributed by atoms with Crippen LogP contribution in [-0.2, 0) is 11.3 Å². The first-order valence-electron chi connectivity index (χ1n) is 7.49. The first-order valence-corrected chi connectivity index (χ1v) is 8.37. The van der Waals surface area contributed by atoms with Crippen molar-refractivity contribution in [2.75, 3.05) is 7.05 Å². The lowest BCUT2D eigenvalue weighted by atomic mass is 10.1. The number of hydrogen-bond acceptors (Lipinski definition) is 3. The number of hydrogen-bond donors (Lipinski definition) is 0. The van der Waals surface area contributed by atoms with Crippen LogP contribution in [0.1, 0.15) is 22.0 Å². The zero-order valence-electron chi connectivity index (χ0n) is 13.2. The molecule has 118 valence electrons. The molecule has 0 saturated heterocycles. The molecule has 4 nitrogen and oxygen atoms in total. The summed E-state index contributed by atoms with van der Waals surface area (Å²) in [6.07, 6.45) is 3.53. The van der Waals surface area contributed by atoms with Crippen LogP contribution in [0.2, 0.25) is 0 Å². The van der Waals surface area contributed by atoms with Crippen molar-refractivity contribution >= 4 is 17.2 Å². The van der Waals surface area contributed by atoms with Crippen molar-refractivity contribution in [2.45, 2.75) is 19.5 Å². The van der Waals surface area contributed by atoms with Gasteiger partial charge in [0.05, 0.1) is 6.54 Å². The molecule has 3 rings (SSSR count). The van der Waals surface area contributed by atoms with Crippen LogP contribution in [0.5, 0.6) is 0 Å². The summed E-state index contributed by atoms with van der Waals surface area (Å²) in [7, 11) is 1.85. The average molecular weight is 325 g/mol. The minimum atomic E-state index is -0.434. The number of aromatic nitrogens is 2. The molecule has 0 aliphatic rings. The van der Waals surface area contributed by atoms with Gasteiger partial charge >= 0.3 is 0 Å². The molecule has 1 amide bonds. The standard InChI is InChI=1S/C18H19N3OS/c1-14-9-12-23-16(14)13-20(2)18(22)17(21-11-6-10-19-21)15-7-4-3-5-8-15/h3-12,17H,13H2,1-2H3/t17-/m1/s1. The lowest BCUT2D eigenvalue weighted by molar-refractivity contribution is -0.133. The lowest BCUT2D eigenvalue weighted by Gasteiger charge is -2.24. The van der Waals surface area contributed by atoms with Gasteiger partial charge in [-0.3, -0.25) is 9.48 Å². The Balaban J connectivity index is 1.87. The SMILES string of the molecule is Cc1ccsc1CN(C)C(=O)[C@@H](c1ccccc1)n1cccn1. The molecule has 5 heteroatoms. The van der Waals surface area contributed by atoms with Crippen molar-refractivity contribution in [1.29, 1.82) is 0 Å². The van der Waals surface area contributed by atoms with Gasteiger partial charge in [0.15, 0.2) is 6.04 Å². The Kier molecular flexibility index (Phi) is 4.57. The third kappa shape index (κ3) is 3.35. The van der Waals surface area contributed by atoms with Gasteiger partial charge in [-0.2, -0.15) is 5.10 Å². The fourth-order valence-electron chi connectivity index (χ4n) is 2.55. The van der Waals surface area contributed by atoms with Crippen LogP contribution in [0.25, 0.3) is 0 Å². The van der Waals surface area contributed by atoms with Crippen LogP contribution >= 0.6 is 11.3 Å². The minimum Gasteiger partial charge on any atom is -0.338 e. The van der Waals surface area contributed by atoms with Gasteiger partial charge < -0.3 is 4.90 Å². The molecule has 1 atom stereocenters. The third-order valence-electron chi connectivity index (χ3n) is 3.86. The van der Waals surface area contributed by atoms with Crippen LogP contribution < -0.4 is 0 Å². The highest BCUT2D eigenvalue weighted by molar-refractivity contribution is 7.10. The first kappa shape index (κ1) is 15.5. The van der Waals surface area contributed by atoms with Gasteiger partial charge in [0.1, 0.15) is 0 Å². The summed E-state index contributed by atoms with van der Waals surface area (Å²) in [5.41, 5.74) is 2.17. The van der Waals surface area contributed by atoms with Crippen molar-refractivity contribution in [3.05, 3.63) is 76.2 Å². The van der Waals surface area contributed by atoms with E-state index in [4.69, 9.17) is 0 Å². The Labute approximate surface area is 140 Å². The van der Waals surface area contributed by atoms with Gasteiger partial charge in [0.2, 0.25) is 0 Å². The summed E-state index contributed by atoms with van der Waals surface area (Å²) in [6.45, 7) is 2.69. The number of likely N-dealkylation sites (N-methyl/N-ethyl adjacent to an activating group) is 1. The fraction of sp³-hybridized carbons (Fsp3) is 0.222. The van der Waals surface area contributed by atoms with Crippen LogP contribution in [0.3, 0.4) is 0 Å². The van der Waals surface area contributed by atoms with Gasteiger partial charge in [-0.05, 0) is 35.6 Å². The lowest BCUT2D eigenvalue weighted by Crippen LogP contribution is -2.35. The Bertz CT molecular complexity index is 765. The van der Waals surface area contributed by atoms with Gasteiger partial charge in [0.25, 0.3) is 5.91 Å². The zero-order valence-corrected chi connectivity index (χ0v) is 14.0. The van der Waals surface area contributed by atoms with Crippen molar-refractivity contribution < 1.29 is 4.79 Å². The molecular weight excluding hydrogens is 306 g/mol. The number of rotatable bonds is 5. The predicted octanol–water partition coefficient (Wildman–Crippen LogP) is 3.50. The average Bonchev–Trinajstić information content (AvgIpc) is 3.21. The molecule has 0 spiro atoms. The molecule has 23 heavy (non-hydrogen) atoms. The van der Waals surface area contributed by atoms with Crippen molar-refractivity contribution in [1.82, 2.24) is 14.7 Å². The number of thiophene rings is 1. The van der Waals surface area contributed by atoms with E-state index >= 15 is 0 Å². The van der Waals surface area contributed by atoms with E-state index in [0.29, 0.717) is 6.54 Å². The predicted molar refractivity (Wildman–Crippen MR) is 92.3 cm³/mol. The first-order chi connectivity index (χ1) is 11.2. The smallest absolute Gasteiger partial charge is 0.252 e. The zero-order chi connectivity index (χ0) is 16.2. The maximum absolute atomic E-state index is 13.0. The Hall–Kier alpha value is -2.40. The second-order valence-electron chi connectivity index (χ2n) is 5.52. The monoisotopic (exact) mass is 325 g/mol. The molecule has 0 saturated carbocycles. The summed E-state index contributed by atoms with van der Waals surface area (Å²) < 4.78 is 1.72. The number of nitrogens with zero attached hydrogens (tertiary/aromatic N) is 3. The summed E-state index contributed by atoms with van der Waals surface area (Å²) in [4.78, 5) is 16.0. The quantitative estimate of drug-likeness (QED) is 0.720. The molecule has 0 bridgehead atoms. The van der Waals surface area contributed by atoms with Crippen LogP contribution in [0.15, 0.2) is 60.2 Å². The summed E-state index contributed by atoms with van der Waals surface area (Å²) >= 11 is 1.68. The Morgan fingerprint density at radius 3 is 2.65 bits per heavy atom. The van der Waals surface area contributed by atoms with Crippen molar-refractivity contribution in [3.8, 4) is 0 Å². The molecule has 2 heterocycles. The molecule has 3 aromatic rings. The normalized spacial score (nSPS) is 12.1. The summed E-state index contributed by atoms with van der Waals surface area (Å²) in [5.74, 6) is 0.0349. The largest absolute Gasteiger partial charge is 0.338 e. The summed E-state index contributed by atoms with van der Waals surface area (Å²) in [6, 6.07) is 13.3. The van der Waals surface area contributed by atoms with E-state index in [2.05, 4.69) is 23.5 Å². The maximum atomic E-state index is 13.0. The van der Waals surface area contributed by atoms with Crippen molar-refractivity contribution in [2.24, 2.45) is 0 Å². The second-order valence-corrected chi connectivity index (χ2v) is 6.52. The van der Waals surface area contributed by atoms with E-state index in [1.165, 1.54) is 10.4 Å². The molecule has 0 fully saturated rings. The second kappa shape index (κ2) is 6.79. The minimum absolute atomic E-state index is 0.0349. The van der Waals surface area contributed by atoms with E-state index in [0.717, 1.165) is 5.56 Å². The molecule has 0 unspecified atom stereocenters. The highest BCUT2D eigenvalue weighted by atomic mass is 32.1. The number of aryl methyl sites for hydroxylation is 1. The Morgan fingerprint density at radius 2 is 2.04 bits per heavy atom. The van der Waals surface area contributed by atoms with Gasteiger partial charge in [-0.25, -0.2) is 0 Å². The van der Waals surface area contributed by atoms with E-state index in [1.54, 1.807) is 27.1 Å². The topological polar surface area (TPSA) is 38.1 Å². The highest BCUT2D eigenvalue weighted by Crippen LogP contribution is 2.23. The van der Waals surface area contributed by atoms with Crippen LogP contribution in [0, 0.1) is 6.92 Å². The van der Waals surface area contributed by atoms with Crippen LogP contribution in [0.4, 0.5) is 0 Å². The van der Waals surface area contributed by atoms with E-state index in [1.807, 2.05) is 49.6 Å². The number of amides is 1. The van der Waals surface area contributed by atoms with Gasteiger partial charge in [0, 0.05) is 24.3 Å². The maximum Gasteiger partial charge on any atom is 0.252 e. The fourth-order valence-corrected chi connectivity index (χ4v) is 3.50. The van der Waals surface area contributed by atoms with E-state index < -0.39 is 6.04 Å². The van der Waals surface area contributed by atoms with Gasteiger partial charge in [-0.15, -0.1) is 11.3 Å². The molecule has 0 aliphatic heterocycles. The summed E-state index contributed by atoms with van der Waals surface area (Å²) in [5, 5.41) is 6.34. The van der Waals surface area contributed by atoms with Crippen molar-refractivity contribution in [3.63, 3.8) is 0 Å². The van der Waals surface area contributed by atoms with E-state index in [-0.39, 0.29) is 5.91 Å². The van der Waals surface area contributed by atoms with Gasteiger partial charge in [-0.1, -0.05) is 30.3 Å². The molecule has 0 radical (unpaired) electrons. The van der Waals surface area contributed by atoms with E-state index in [9.17, 15) is 4.79 Å². The number of carbonyl (C=O) groups is 1. The molecular formula is C18H19N3OS. The van der Waals surface area contributed by atoms with Crippen LogP contribution in [-0.4, -0.2) is 27.6 Å². The molecule has 2 aromatic heterocycles. The Morgan fingerprint density at radius 1 is 1.26 bits per heavy atom. The highest BCUT2D eigenvalue weighted by Gasteiger charge is 2.26. The molecule has 0 aliphatic carbocycles. The third-order valence-corrected chi connectivity index (χ3v) is 4.87. The molecule has 0 N–H and O–H groups in total. The molecule has 1 aromatic carbocycles.